The Balaban J connectivity index is 1.49. The van der Waals surface area contributed by atoms with Gasteiger partial charge in [-0.3, -0.25) is 13.7 Å². The molecule has 0 spiro atoms. The van der Waals surface area contributed by atoms with Crippen LogP contribution in [0.5, 0.6) is 0 Å². The fraction of sp³-hybridized carbons (Fsp3) is 0.333. The predicted molar refractivity (Wildman–Crippen MR) is 125 cm³/mol. The molecule has 1 saturated carbocycles. The van der Waals surface area contributed by atoms with Gasteiger partial charge in [-0.15, -0.1) is 0 Å². The van der Waals surface area contributed by atoms with Crippen molar-refractivity contribution in [3.8, 4) is 0 Å². The van der Waals surface area contributed by atoms with E-state index in [4.69, 9.17) is 15.8 Å². The van der Waals surface area contributed by atoms with Gasteiger partial charge < -0.3 is 15.5 Å². The summed E-state index contributed by atoms with van der Waals surface area (Å²) in [6.07, 6.45) is -0.208. The molecular weight excluding hydrogens is 519 g/mol. The molecule has 0 saturated heterocycles. The minimum absolute atomic E-state index is 0.000580. The van der Waals surface area contributed by atoms with Gasteiger partial charge in [-0.1, -0.05) is 17.7 Å². The van der Waals surface area contributed by atoms with Gasteiger partial charge in [-0.05, 0) is 23.8 Å². The molecule has 4 rings (SSSR count). The highest BCUT2D eigenvalue weighted by Crippen LogP contribution is 2.28. The van der Waals surface area contributed by atoms with Crippen LogP contribution in [-0.4, -0.2) is 75.6 Å². The van der Waals surface area contributed by atoms with Crippen LogP contribution >= 0.6 is 11.6 Å². The largest absolute Gasteiger partial charge is 0.388 e. The van der Waals surface area contributed by atoms with E-state index >= 15 is 0 Å². The third-order valence-electron chi connectivity index (χ3n) is 5.61. The third-order valence-corrected chi connectivity index (χ3v) is 6.92. The second kappa shape index (κ2) is 10.5. The van der Waals surface area contributed by atoms with Crippen LogP contribution in [0.1, 0.15) is 28.0 Å². The SMILES string of the molecule is CNS(=O)(=O)O[C@@H]1C[C@@H](Nc2ncncc2C(=O)c2ccn(Cc3ccc(Cl)c(F)c3)n2)[C@H](O)[C@H]1O. The average molecular weight is 541 g/mol. The Kier molecular flexibility index (Phi) is 7.63. The van der Waals surface area contributed by atoms with Gasteiger partial charge in [0.15, 0.2) is 0 Å². The monoisotopic (exact) mass is 540 g/mol. The minimum Gasteiger partial charge on any atom is -0.388 e. The summed E-state index contributed by atoms with van der Waals surface area (Å²) in [5, 5.41) is 27.7. The number of aliphatic hydroxyl groups excluding tert-OH is 2. The second-order valence-electron chi connectivity index (χ2n) is 8.02. The number of anilines is 1. The van der Waals surface area contributed by atoms with Crippen LogP contribution in [-0.2, 0) is 21.0 Å². The maximum Gasteiger partial charge on any atom is 0.335 e. The summed E-state index contributed by atoms with van der Waals surface area (Å²) in [7, 11) is -2.96. The summed E-state index contributed by atoms with van der Waals surface area (Å²) >= 11 is 5.71. The molecule has 36 heavy (non-hydrogen) atoms. The molecule has 0 radical (unpaired) electrons. The summed E-state index contributed by atoms with van der Waals surface area (Å²) < 4.78 is 45.4. The molecule has 2 heterocycles. The molecule has 4 N–H and O–H groups in total. The Bertz CT molecular complexity index is 1370. The first kappa shape index (κ1) is 26.1. The lowest BCUT2D eigenvalue weighted by molar-refractivity contribution is -0.00882. The number of nitrogens with one attached hydrogen (secondary N) is 2. The number of aromatic nitrogens is 4. The highest BCUT2D eigenvalue weighted by molar-refractivity contribution is 7.84. The zero-order valence-corrected chi connectivity index (χ0v) is 20.3. The minimum atomic E-state index is -4.10. The number of ketones is 1. The van der Waals surface area contributed by atoms with E-state index < -0.39 is 46.3 Å². The van der Waals surface area contributed by atoms with Crippen molar-refractivity contribution in [3.63, 3.8) is 0 Å². The molecule has 3 aromatic rings. The smallest absolute Gasteiger partial charge is 0.335 e. The quantitative estimate of drug-likeness (QED) is 0.280. The van der Waals surface area contributed by atoms with E-state index in [2.05, 4.69) is 20.4 Å². The predicted octanol–water partition coefficient (Wildman–Crippen LogP) is 0.500. The van der Waals surface area contributed by atoms with Crippen LogP contribution in [0.15, 0.2) is 43.0 Å². The number of aliphatic hydroxyl groups is 2. The molecule has 1 fully saturated rings. The number of carbonyl (C=O) groups is 1. The van der Waals surface area contributed by atoms with Gasteiger partial charge in [0.1, 0.15) is 42.0 Å². The fourth-order valence-electron chi connectivity index (χ4n) is 3.76. The molecule has 0 amide bonds. The van der Waals surface area contributed by atoms with Crippen LogP contribution in [0, 0.1) is 5.82 Å². The van der Waals surface area contributed by atoms with E-state index in [1.54, 1.807) is 12.3 Å². The zero-order chi connectivity index (χ0) is 26.0. The molecule has 1 aliphatic rings. The van der Waals surface area contributed by atoms with Crippen molar-refractivity contribution in [2.24, 2.45) is 0 Å². The van der Waals surface area contributed by atoms with E-state index in [0.29, 0.717) is 5.56 Å². The molecule has 2 aromatic heterocycles. The fourth-order valence-corrected chi connectivity index (χ4v) is 4.49. The Hall–Kier alpha value is -3.01. The van der Waals surface area contributed by atoms with E-state index in [1.165, 1.54) is 35.4 Å². The second-order valence-corrected chi connectivity index (χ2v) is 9.94. The standard InChI is InChI=1S/C21H22ClFN6O6S/c1-24-36(33,34)35-17-7-16(19(31)20(17)32)27-21-12(8-25-10-26-21)18(30)15-4-5-29(28-15)9-11-2-3-13(22)14(23)6-11/h2-6,8,10,16-17,19-20,24,31-32H,7,9H2,1H3,(H,25,26,27)/t16-,17-,19+,20+/m1/s1. The van der Waals surface area contributed by atoms with Crippen molar-refractivity contribution in [2.45, 2.75) is 37.3 Å². The number of hydrogen-bond acceptors (Lipinski definition) is 10. The van der Waals surface area contributed by atoms with Crippen LogP contribution in [0.3, 0.4) is 0 Å². The highest BCUT2D eigenvalue weighted by Gasteiger charge is 2.44. The summed E-state index contributed by atoms with van der Waals surface area (Å²) in [5.41, 5.74) is 0.694. The molecular formula is C21H22ClFN6O6S. The molecule has 4 atom stereocenters. The molecule has 1 aliphatic carbocycles. The number of rotatable bonds is 9. The van der Waals surface area contributed by atoms with Gasteiger partial charge in [0.25, 0.3) is 0 Å². The normalized spacial score (nSPS) is 22.0. The van der Waals surface area contributed by atoms with Crippen molar-refractivity contribution in [3.05, 3.63) is 70.6 Å². The first-order chi connectivity index (χ1) is 17.1. The number of nitrogens with zero attached hydrogens (tertiary/aromatic N) is 4. The summed E-state index contributed by atoms with van der Waals surface area (Å²) in [5.74, 6) is -1.04. The number of hydrogen-bond donors (Lipinski definition) is 4. The molecule has 12 nitrogen and oxygen atoms in total. The van der Waals surface area contributed by atoms with E-state index in [1.807, 2.05) is 4.72 Å². The average Bonchev–Trinajstić information content (AvgIpc) is 3.41. The van der Waals surface area contributed by atoms with Gasteiger partial charge in [-0.25, -0.2) is 14.4 Å². The number of carbonyl (C=O) groups excluding carboxylic acids is 1. The summed E-state index contributed by atoms with van der Waals surface area (Å²) in [6, 6.07) is 4.95. The molecule has 192 valence electrons. The number of benzene rings is 1. The van der Waals surface area contributed by atoms with Crippen molar-refractivity contribution in [2.75, 3.05) is 12.4 Å². The third kappa shape index (κ3) is 5.69. The van der Waals surface area contributed by atoms with Crippen molar-refractivity contribution < 1.29 is 32.0 Å². The van der Waals surface area contributed by atoms with Crippen LogP contribution < -0.4 is 10.0 Å². The van der Waals surface area contributed by atoms with Crippen molar-refractivity contribution >= 4 is 33.5 Å². The first-order valence-corrected chi connectivity index (χ1v) is 12.4. The van der Waals surface area contributed by atoms with E-state index in [-0.39, 0.29) is 35.1 Å². The Labute approximate surface area is 210 Å². The van der Waals surface area contributed by atoms with Gasteiger partial charge in [0.2, 0.25) is 5.78 Å². The maximum absolute atomic E-state index is 13.7. The van der Waals surface area contributed by atoms with Gasteiger partial charge in [0.05, 0.1) is 23.2 Å². The molecule has 1 aromatic carbocycles. The zero-order valence-electron chi connectivity index (χ0n) is 18.7. The van der Waals surface area contributed by atoms with Crippen LogP contribution in [0.4, 0.5) is 10.2 Å². The Morgan fingerprint density at radius 3 is 2.81 bits per heavy atom. The van der Waals surface area contributed by atoms with Crippen LogP contribution in [0.2, 0.25) is 5.02 Å². The highest BCUT2D eigenvalue weighted by atomic mass is 35.5. The van der Waals surface area contributed by atoms with E-state index in [9.17, 15) is 27.8 Å². The number of halogens is 2. The van der Waals surface area contributed by atoms with Gasteiger partial charge in [-0.2, -0.15) is 18.2 Å². The lowest BCUT2D eigenvalue weighted by Gasteiger charge is -2.19. The maximum atomic E-state index is 13.7. The Morgan fingerprint density at radius 2 is 2.08 bits per heavy atom. The van der Waals surface area contributed by atoms with E-state index in [0.717, 1.165) is 7.05 Å². The Morgan fingerprint density at radius 1 is 1.31 bits per heavy atom. The summed E-state index contributed by atoms with van der Waals surface area (Å²) in [6.45, 7) is 0.195. The van der Waals surface area contributed by atoms with Gasteiger partial charge in [0, 0.05) is 25.9 Å². The van der Waals surface area contributed by atoms with Crippen molar-refractivity contribution in [1.29, 1.82) is 0 Å². The van der Waals surface area contributed by atoms with Gasteiger partial charge >= 0.3 is 10.3 Å². The molecule has 0 unspecified atom stereocenters. The molecule has 0 aliphatic heterocycles. The summed E-state index contributed by atoms with van der Waals surface area (Å²) in [4.78, 5) is 21.1. The topological polar surface area (TPSA) is 169 Å². The lowest BCUT2D eigenvalue weighted by atomic mass is 10.1. The van der Waals surface area contributed by atoms with Crippen molar-refractivity contribution in [1.82, 2.24) is 24.5 Å². The first-order valence-electron chi connectivity index (χ1n) is 10.6. The molecule has 15 heteroatoms. The van der Waals surface area contributed by atoms with Crippen LogP contribution in [0.25, 0.3) is 0 Å². The molecule has 0 bridgehead atoms. The lowest BCUT2D eigenvalue weighted by Crippen LogP contribution is -2.38.